The fourth-order valence-corrected chi connectivity index (χ4v) is 2.88. The van der Waals surface area contributed by atoms with Gasteiger partial charge in [-0.25, -0.2) is 9.59 Å². The van der Waals surface area contributed by atoms with Crippen LogP contribution in [0.3, 0.4) is 0 Å². The number of aromatic carboxylic acids is 1. The average molecular weight is 284 g/mol. The Hall–Kier alpha value is -1.60. The van der Waals surface area contributed by atoms with E-state index in [1.165, 1.54) is 17.4 Å². The topological polar surface area (TPSA) is 89.9 Å². The predicted molar refractivity (Wildman–Crippen MR) is 71.7 cm³/mol. The molecule has 104 valence electrons. The summed E-state index contributed by atoms with van der Waals surface area (Å²) in [5.41, 5.74) is 0.102. The van der Waals surface area contributed by atoms with Crippen molar-refractivity contribution in [3.63, 3.8) is 0 Å². The van der Waals surface area contributed by atoms with Crippen LogP contribution in [0.2, 0.25) is 0 Å². The fourth-order valence-electron chi connectivity index (χ4n) is 2.12. The van der Waals surface area contributed by atoms with Crippen molar-refractivity contribution in [2.24, 2.45) is 5.92 Å². The lowest BCUT2D eigenvalue weighted by molar-refractivity contribution is 0.0698. The molecule has 2 heterocycles. The highest BCUT2D eigenvalue weighted by Gasteiger charge is 2.29. The number of carbonyl (C=O) groups excluding carboxylic acids is 1. The smallest absolute Gasteiger partial charge is 0.338 e. The van der Waals surface area contributed by atoms with Crippen LogP contribution in [0.15, 0.2) is 11.4 Å². The minimum Gasteiger partial charge on any atom is -0.478 e. The number of nitrogens with one attached hydrogen (secondary N) is 1. The highest BCUT2D eigenvalue weighted by Crippen LogP contribution is 2.25. The van der Waals surface area contributed by atoms with E-state index >= 15 is 0 Å². The lowest BCUT2D eigenvalue weighted by atomic mass is 10.0. The van der Waals surface area contributed by atoms with Gasteiger partial charge in [-0.3, -0.25) is 5.32 Å². The van der Waals surface area contributed by atoms with Crippen LogP contribution in [0.1, 0.15) is 23.7 Å². The first-order chi connectivity index (χ1) is 8.99. The van der Waals surface area contributed by atoms with Gasteiger partial charge in [0.05, 0.1) is 11.7 Å². The van der Waals surface area contributed by atoms with E-state index in [1.807, 2.05) is 0 Å². The lowest BCUT2D eigenvalue weighted by Crippen LogP contribution is -2.34. The van der Waals surface area contributed by atoms with E-state index in [2.05, 4.69) is 5.32 Å². The van der Waals surface area contributed by atoms with Crippen LogP contribution in [0.4, 0.5) is 9.80 Å². The molecule has 19 heavy (non-hydrogen) atoms. The third kappa shape index (κ3) is 3.05. The molecule has 0 bridgehead atoms. The maximum Gasteiger partial charge on any atom is 0.338 e. The van der Waals surface area contributed by atoms with Gasteiger partial charge in [-0.15, -0.1) is 11.3 Å². The van der Waals surface area contributed by atoms with Crippen molar-refractivity contribution < 1.29 is 19.8 Å². The first-order valence-electron chi connectivity index (χ1n) is 6.04. The molecule has 7 heteroatoms. The Kier molecular flexibility index (Phi) is 4.06. The molecule has 0 radical (unpaired) electrons. The molecule has 2 rings (SSSR count). The van der Waals surface area contributed by atoms with E-state index in [4.69, 9.17) is 5.11 Å². The van der Waals surface area contributed by atoms with E-state index in [9.17, 15) is 14.7 Å². The van der Waals surface area contributed by atoms with Crippen molar-refractivity contribution in [1.82, 2.24) is 4.90 Å². The summed E-state index contributed by atoms with van der Waals surface area (Å²) < 4.78 is 0. The molecular formula is C12H16N2O4S. The monoisotopic (exact) mass is 284 g/mol. The molecular weight excluding hydrogens is 268 g/mol. The maximum absolute atomic E-state index is 12.0. The van der Waals surface area contributed by atoms with Crippen molar-refractivity contribution in [1.29, 1.82) is 0 Å². The molecule has 0 aromatic carbocycles. The summed E-state index contributed by atoms with van der Waals surface area (Å²) in [5, 5.41) is 23.0. The number of carboxylic acids is 1. The molecule has 2 unspecified atom stereocenters. The second kappa shape index (κ2) is 5.58. The Morgan fingerprint density at radius 1 is 1.58 bits per heavy atom. The van der Waals surface area contributed by atoms with Crippen molar-refractivity contribution in [2.75, 3.05) is 18.4 Å². The van der Waals surface area contributed by atoms with Crippen LogP contribution in [-0.4, -0.2) is 46.3 Å². The van der Waals surface area contributed by atoms with Crippen molar-refractivity contribution >= 4 is 28.3 Å². The molecule has 1 saturated heterocycles. The number of hydrogen-bond donors (Lipinski definition) is 3. The second-order valence-corrected chi connectivity index (χ2v) is 5.55. The van der Waals surface area contributed by atoms with Crippen molar-refractivity contribution in [3.8, 4) is 0 Å². The van der Waals surface area contributed by atoms with Gasteiger partial charge in [-0.2, -0.15) is 0 Å². The van der Waals surface area contributed by atoms with Gasteiger partial charge in [0.25, 0.3) is 0 Å². The van der Waals surface area contributed by atoms with Gasteiger partial charge in [0.1, 0.15) is 5.00 Å². The van der Waals surface area contributed by atoms with Gasteiger partial charge in [0, 0.05) is 19.0 Å². The molecule has 6 nitrogen and oxygen atoms in total. The lowest BCUT2D eigenvalue weighted by Gasteiger charge is -2.18. The molecule has 1 aromatic heterocycles. The van der Waals surface area contributed by atoms with E-state index in [-0.39, 0.29) is 17.5 Å². The molecule has 0 saturated carbocycles. The number of hydrogen-bond acceptors (Lipinski definition) is 4. The molecule has 1 aliphatic heterocycles. The Labute approximate surface area is 114 Å². The largest absolute Gasteiger partial charge is 0.478 e. The second-order valence-electron chi connectivity index (χ2n) is 4.63. The van der Waals surface area contributed by atoms with Crippen LogP contribution in [-0.2, 0) is 0 Å². The van der Waals surface area contributed by atoms with Crippen molar-refractivity contribution in [3.05, 3.63) is 17.0 Å². The van der Waals surface area contributed by atoms with Crippen LogP contribution < -0.4 is 5.32 Å². The van der Waals surface area contributed by atoms with Crippen LogP contribution in [0.5, 0.6) is 0 Å². The van der Waals surface area contributed by atoms with Gasteiger partial charge < -0.3 is 15.1 Å². The molecule has 0 aliphatic carbocycles. The average Bonchev–Trinajstić information content (AvgIpc) is 2.96. The Morgan fingerprint density at radius 2 is 2.32 bits per heavy atom. The molecule has 2 atom stereocenters. The van der Waals surface area contributed by atoms with Gasteiger partial charge >= 0.3 is 12.0 Å². The Bertz CT molecular complexity index is 486. The molecule has 3 N–H and O–H groups in total. The number of urea groups is 1. The van der Waals surface area contributed by atoms with Crippen LogP contribution >= 0.6 is 11.3 Å². The van der Waals surface area contributed by atoms with Crippen molar-refractivity contribution in [2.45, 2.75) is 19.4 Å². The summed E-state index contributed by atoms with van der Waals surface area (Å²) in [6, 6.07) is 1.15. The maximum atomic E-state index is 12.0. The number of carbonyl (C=O) groups is 2. The first kappa shape index (κ1) is 13.8. The predicted octanol–water partition coefficient (Wildman–Crippen LogP) is 1.68. The standard InChI is InChI=1S/C12H16N2O4S/c1-7(15)8-2-4-14(6-8)12(18)13-10-9(11(16)17)3-5-19-10/h3,5,7-8,15H,2,4,6H2,1H3,(H,13,18)(H,16,17). The number of nitrogens with zero attached hydrogens (tertiary/aromatic N) is 1. The number of amides is 2. The van der Waals surface area contributed by atoms with Crippen LogP contribution in [0, 0.1) is 5.92 Å². The summed E-state index contributed by atoms with van der Waals surface area (Å²) in [4.78, 5) is 24.5. The number of carboxylic acid groups (broad SMARTS) is 1. The first-order valence-corrected chi connectivity index (χ1v) is 6.91. The normalized spacial score (nSPS) is 20.3. The van der Waals surface area contributed by atoms with E-state index in [0.717, 1.165) is 6.42 Å². The molecule has 0 spiro atoms. The molecule has 1 aromatic rings. The number of aliphatic hydroxyl groups excluding tert-OH is 1. The zero-order valence-electron chi connectivity index (χ0n) is 10.5. The summed E-state index contributed by atoms with van der Waals surface area (Å²) in [7, 11) is 0. The van der Waals surface area contributed by atoms with Crippen LogP contribution in [0.25, 0.3) is 0 Å². The summed E-state index contributed by atoms with van der Waals surface area (Å²) in [5.74, 6) is -0.965. The third-order valence-electron chi connectivity index (χ3n) is 3.31. The van der Waals surface area contributed by atoms with E-state index in [1.54, 1.807) is 17.2 Å². The van der Waals surface area contributed by atoms with Gasteiger partial charge in [-0.05, 0) is 24.8 Å². The van der Waals surface area contributed by atoms with Gasteiger partial charge in [0.15, 0.2) is 0 Å². The number of anilines is 1. The summed E-state index contributed by atoms with van der Waals surface area (Å²) >= 11 is 1.18. The van der Waals surface area contributed by atoms with E-state index < -0.39 is 12.1 Å². The highest BCUT2D eigenvalue weighted by atomic mass is 32.1. The van der Waals surface area contributed by atoms with Gasteiger partial charge in [0.2, 0.25) is 0 Å². The quantitative estimate of drug-likeness (QED) is 0.787. The highest BCUT2D eigenvalue weighted by molar-refractivity contribution is 7.14. The molecule has 1 aliphatic rings. The third-order valence-corrected chi connectivity index (χ3v) is 4.14. The zero-order chi connectivity index (χ0) is 14.0. The number of aliphatic hydroxyl groups is 1. The minimum atomic E-state index is -1.06. The minimum absolute atomic E-state index is 0.0908. The SMILES string of the molecule is CC(O)C1CCN(C(=O)Nc2sccc2C(=O)O)C1. The number of rotatable bonds is 3. The Balaban J connectivity index is 1.98. The fraction of sp³-hybridized carbons (Fsp3) is 0.500. The number of likely N-dealkylation sites (tertiary alicyclic amines) is 1. The summed E-state index contributed by atoms with van der Waals surface area (Å²) in [6.45, 7) is 2.79. The van der Waals surface area contributed by atoms with E-state index in [0.29, 0.717) is 18.1 Å². The zero-order valence-corrected chi connectivity index (χ0v) is 11.3. The molecule has 2 amide bonds. The summed E-state index contributed by atoms with van der Waals surface area (Å²) in [6.07, 6.45) is 0.329. The molecule has 1 fully saturated rings. The Morgan fingerprint density at radius 3 is 2.89 bits per heavy atom. The number of thiophene rings is 1. The van der Waals surface area contributed by atoms with Gasteiger partial charge in [-0.1, -0.05) is 0 Å².